The van der Waals surface area contributed by atoms with Crippen LogP contribution in [0.15, 0.2) is 59.6 Å². The largest absolute Gasteiger partial charge is 0.416 e. The van der Waals surface area contributed by atoms with Gasteiger partial charge < -0.3 is 9.64 Å². The SMILES string of the molecule is O=S(=O)(Cc1cc(N2CCOCC2)nc(-c2ccccn2)n1)c1cccc(C(F)(F)F)c1. The Morgan fingerprint density at radius 2 is 1.78 bits per heavy atom. The van der Waals surface area contributed by atoms with E-state index < -0.39 is 32.2 Å². The highest BCUT2D eigenvalue weighted by Crippen LogP contribution is 2.31. The molecule has 0 N–H and O–H groups in total. The number of hydrogen-bond acceptors (Lipinski definition) is 7. The maximum Gasteiger partial charge on any atom is 0.416 e. The molecule has 0 aliphatic carbocycles. The summed E-state index contributed by atoms with van der Waals surface area (Å²) in [6, 6.07) is 10.4. The van der Waals surface area contributed by atoms with Crippen molar-refractivity contribution in [3.63, 3.8) is 0 Å². The summed E-state index contributed by atoms with van der Waals surface area (Å²) in [6.45, 7) is 2.14. The minimum Gasteiger partial charge on any atom is -0.378 e. The summed E-state index contributed by atoms with van der Waals surface area (Å²) in [6.07, 6.45) is -3.07. The molecule has 32 heavy (non-hydrogen) atoms. The lowest BCUT2D eigenvalue weighted by molar-refractivity contribution is -0.137. The molecule has 1 aliphatic rings. The van der Waals surface area contributed by atoms with Gasteiger partial charge in [-0.3, -0.25) is 4.98 Å². The van der Waals surface area contributed by atoms with E-state index in [0.717, 1.165) is 18.2 Å². The van der Waals surface area contributed by atoms with Gasteiger partial charge in [0.2, 0.25) is 0 Å². The molecule has 1 saturated heterocycles. The van der Waals surface area contributed by atoms with E-state index in [0.29, 0.717) is 43.9 Å². The highest BCUT2D eigenvalue weighted by Gasteiger charge is 2.32. The van der Waals surface area contributed by atoms with Gasteiger partial charge in [0, 0.05) is 25.4 Å². The molecular weight excluding hydrogens is 445 g/mol. The molecule has 7 nitrogen and oxygen atoms in total. The van der Waals surface area contributed by atoms with Crippen molar-refractivity contribution in [1.29, 1.82) is 0 Å². The van der Waals surface area contributed by atoms with Crippen LogP contribution in [0.25, 0.3) is 11.5 Å². The molecule has 11 heteroatoms. The van der Waals surface area contributed by atoms with Crippen LogP contribution in [0.3, 0.4) is 0 Å². The fraction of sp³-hybridized carbons (Fsp3) is 0.286. The Bertz CT molecular complexity index is 1200. The van der Waals surface area contributed by atoms with Crippen molar-refractivity contribution in [2.24, 2.45) is 0 Å². The maximum atomic E-state index is 13.0. The van der Waals surface area contributed by atoms with E-state index in [1.165, 1.54) is 0 Å². The van der Waals surface area contributed by atoms with Crippen molar-refractivity contribution in [3.8, 4) is 11.5 Å². The molecule has 3 heterocycles. The maximum absolute atomic E-state index is 13.0. The van der Waals surface area contributed by atoms with Crippen LogP contribution in [0.5, 0.6) is 0 Å². The number of morpholine rings is 1. The highest BCUT2D eigenvalue weighted by atomic mass is 32.2. The van der Waals surface area contributed by atoms with Gasteiger partial charge in [-0.2, -0.15) is 13.2 Å². The molecule has 1 aliphatic heterocycles. The average molecular weight is 464 g/mol. The number of sulfone groups is 1. The molecule has 0 bridgehead atoms. The summed E-state index contributed by atoms with van der Waals surface area (Å²) in [5, 5.41) is 0. The summed E-state index contributed by atoms with van der Waals surface area (Å²) < 4.78 is 70.4. The quantitative estimate of drug-likeness (QED) is 0.572. The molecule has 0 radical (unpaired) electrons. The number of ether oxygens (including phenoxy) is 1. The van der Waals surface area contributed by atoms with Gasteiger partial charge in [0.05, 0.1) is 35.1 Å². The second kappa shape index (κ2) is 8.83. The van der Waals surface area contributed by atoms with Crippen molar-refractivity contribution in [3.05, 3.63) is 66.0 Å². The van der Waals surface area contributed by atoms with E-state index in [9.17, 15) is 21.6 Å². The van der Waals surface area contributed by atoms with Crippen molar-refractivity contribution < 1.29 is 26.3 Å². The van der Waals surface area contributed by atoms with E-state index in [1.54, 1.807) is 30.5 Å². The molecule has 2 aromatic heterocycles. The number of pyridine rings is 1. The van der Waals surface area contributed by atoms with Crippen LogP contribution in [0.1, 0.15) is 11.3 Å². The van der Waals surface area contributed by atoms with Crippen molar-refractivity contribution in [2.45, 2.75) is 16.8 Å². The Morgan fingerprint density at radius 3 is 2.47 bits per heavy atom. The molecule has 4 rings (SSSR count). The van der Waals surface area contributed by atoms with Crippen LogP contribution in [0, 0.1) is 0 Å². The van der Waals surface area contributed by atoms with E-state index in [1.807, 2.05) is 4.90 Å². The first-order valence-corrected chi connectivity index (χ1v) is 11.4. The zero-order valence-electron chi connectivity index (χ0n) is 16.8. The van der Waals surface area contributed by atoms with Crippen LogP contribution in [-0.2, 0) is 26.5 Å². The predicted molar refractivity (Wildman–Crippen MR) is 111 cm³/mol. The average Bonchev–Trinajstić information content (AvgIpc) is 2.79. The molecule has 0 saturated carbocycles. The Kier molecular flexibility index (Phi) is 6.11. The Labute approximate surface area is 182 Å². The van der Waals surface area contributed by atoms with Gasteiger partial charge in [0.25, 0.3) is 0 Å². The van der Waals surface area contributed by atoms with Crippen LogP contribution in [-0.4, -0.2) is 49.7 Å². The normalized spacial score (nSPS) is 15.0. The minimum absolute atomic E-state index is 0.166. The number of hydrogen-bond donors (Lipinski definition) is 0. The van der Waals surface area contributed by atoms with Crippen LogP contribution < -0.4 is 4.90 Å². The van der Waals surface area contributed by atoms with Gasteiger partial charge in [-0.15, -0.1) is 0 Å². The molecule has 168 valence electrons. The monoisotopic (exact) mass is 464 g/mol. The Hall–Kier alpha value is -3.05. The molecule has 1 aromatic carbocycles. The fourth-order valence-corrected chi connectivity index (χ4v) is 4.56. The number of rotatable bonds is 5. The first-order chi connectivity index (χ1) is 15.2. The first-order valence-electron chi connectivity index (χ1n) is 9.74. The molecule has 0 atom stereocenters. The standard InChI is InChI=1S/C21H19F3N4O3S/c22-21(23,24)15-4-3-5-17(12-15)32(29,30)14-16-13-19(28-8-10-31-11-9-28)27-20(26-16)18-6-1-2-7-25-18/h1-7,12-13H,8-11,14H2. The smallest absolute Gasteiger partial charge is 0.378 e. The van der Waals surface area contributed by atoms with Gasteiger partial charge >= 0.3 is 6.18 Å². The van der Waals surface area contributed by atoms with Crippen molar-refractivity contribution >= 4 is 15.7 Å². The fourth-order valence-electron chi connectivity index (χ4n) is 3.26. The lowest BCUT2D eigenvalue weighted by atomic mass is 10.2. The summed E-state index contributed by atoms with van der Waals surface area (Å²) >= 11 is 0. The molecule has 0 spiro atoms. The Morgan fingerprint density at radius 1 is 1.00 bits per heavy atom. The van der Waals surface area contributed by atoms with Crippen LogP contribution in [0.4, 0.5) is 19.0 Å². The van der Waals surface area contributed by atoms with Gasteiger partial charge in [0.15, 0.2) is 15.7 Å². The second-order valence-corrected chi connectivity index (χ2v) is 9.13. The summed E-state index contributed by atoms with van der Waals surface area (Å²) in [5.41, 5.74) is -0.399. The zero-order valence-corrected chi connectivity index (χ0v) is 17.6. The van der Waals surface area contributed by atoms with Gasteiger partial charge in [-0.1, -0.05) is 12.1 Å². The van der Waals surface area contributed by atoms with Gasteiger partial charge in [0.1, 0.15) is 11.5 Å². The van der Waals surface area contributed by atoms with Crippen molar-refractivity contribution in [1.82, 2.24) is 15.0 Å². The second-order valence-electron chi connectivity index (χ2n) is 7.14. The molecular formula is C21H19F3N4O3S. The van der Waals surface area contributed by atoms with Crippen LogP contribution in [0.2, 0.25) is 0 Å². The lowest BCUT2D eigenvalue weighted by Crippen LogP contribution is -2.37. The van der Waals surface area contributed by atoms with Gasteiger partial charge in [-0.05, 0) is 30.3 Å². The molecule has 0 amide bonds. The Balaban J connectivity index is 1.72. The lowest BCUT2D eigenvalue weighted by Gasteiger charge is -2.28. The first kappa shape index (κ1) is 22.2. The number of aromatic nitrogens is 3. The van der Waals surface area contributed by atoms with Crippen molar-refractivity contribution in [2.75, 3.05) is 31.2 Å². The number of halogens is 3. The van der Waals surface area contributed by atoms with E-state index >= 15 is 0 Å². The predicted octanol–water partition coefficient (Wildman–Crippen LogP) is 3.37. The third-order valence-corrected chi connectivity index (χ3v) is 6.50. The third-order valence-electron chi connectivity index (χ3n) is 4.85. The number of alkyl halides is 3. The molecule has 3 aromatic rings. The van der Waals surface area contributed by atoms with E-state index in [2.05, 4.69) is 15.0 Å². The van der Waals surface area contributed by atoms with E-state index in [-0.39, 0.29) is 11.5 Å². The third kappa shape index (κ3) is 5.05. The summed E-state index contributed by atoms with van der Waals surface area (Å²) in [5.74, 6) is 0.176. The minimum atomic E-state index is -4.64. The van der Waals surface area contributed by atoms with E-state index in [4.69, 9.17) is 4.74 Å². The zero-order chi connectivity index (χ0) is 22.8. The summed E-state index contributed by atoms with van der Waals surface area (Å²) in [4.78, 5) is 14.6. The van der Waals surface area contributed by atoms with Crippen LogP contribution >= 0.6 is 0 Å². The summed E-state index contributed by atoms with van der Waals surface area (Å²) in [7, 11) is -4.10. The number of anilines is 1. The van der Waals surface area contributed by atoms with Gasteiger partial charge in [-0.25, -0.2) is 18.4 Å². The molecule has 0 unspecified atom stereocenters. The number of nitrogens with zero attached hydrogens (tertiary/aromatic N) is 4. The molecule has 1 fully saturated rings. The number of benzene rings is 1. The topological polar surface area (TPSA) is 85.3 Å². The highest BCUT2D eigenvalue weighted by molar-refractivity contribution is 7.90.